The zero-order chi connectivity index (χ0) is 18.1. The number of nitrogens with zero attached hydrogens (tertiary/aromatic N) is 4. The molecule has 1 amide bonds. The van der Waals surface area contributed by atoms with Gasteiger partial charge in [-0.25, -0.2) is 0 Å². The summed E-state index contributed by atoms with van der Waals surface area (Å²) in [7, 11) is 0. The highest BCUT2D eigenvalue weighted by atomic mass is 79.9. The van der Waals surface area contributed by atoms with Crippen LogP contribution < -0.4 is 5.32 Å². The molecule has 0 radical (unpaired) electrons. The van der Waals surface area contributed by atoms with Gasteiger partial charge in [0.2, 0.25) is 0 Å². The summed E-state index contributed by atoms with van der Waals surface area (Å²) in [6.45, 7) is 3.30. The molecule has 1 aromatic carbocycles. The first-order valence-corrected chi connectivity index (χ1v) is 8.22. The Morgan fingerprint density at radius 1 is 1.40 bits per heavy atom. The largest absolute Gasteiger partial charge is 0.390 e. The van der Waals surface area contributed by atoms with Crippen molar-refractivity contribution in [2.45, 2.75) is 19.9 Å². The van der Waals surface area contributed by atoms with Gasteiger partial charge in [0.05, 0.1) is 28.1 Å². The lowest BCUT2D eigenvalue weighted by Crippen LogP contribution is -2.25. The number of carbonyl (C=O) groups is 1. The van der Waals surface area contributed by atoms with E-state index in [1.54, 1.807) is 26.1 Å². The molecular formula is C16H14BrN5O3. The molecule has 0 aliphatic rings. The second-order valence-electron chi connectivity index (χ2n) is 5.51. The van der Waals surface area contributed by atoms with E-state index in [0.29, 0.717) is 16.9 Å². The van der Waals surface area contributed by atoms with Crippen LogP contribution >= 0.6 is 15.9 Å². The Morgan fingerprint density at radius 3 is 2.84 bits per heavy atom. The van der Waals surface area contributed by atoms with E-state index in [1.807, 2.05) is 18.2 Å². The van der Waals surface area contributed by atoms with Crippen LogP contribution in [0.2, 0.25) is 0 Å². The average Bonchev–Trinajstić information content (AvgIpc) is 2.99. The molecule has 0 spiro atoms. The Labute approximate surface area is 151 Å². The number of hydrogen-bond donors (Lipinski definition) is 1. The number of hydrogen-bond acceptors (Lipinski definition) is 5. The highest BCUT2D eigenvalue weighted by Gasteiger charge is 2.25. The predicted molar refractivity (Wildman–Crippen MR) is 96.4 cm³/mol. The molecule has 128 valence electrons. The summed E-state index contributed by atoms with van der Waals surface area (Å²) in [6.07, 6.45) is 1.65. The average molecular weight is 404 g/mol. The molecule has 1 N–H and O–H groups in total. The first-order chi connectivity index (χ1) is 11.9. The van der Waals surface area contributed by atoms with E-state index in [4.69, 9.17) is 0 Å². The van der Waals surface area contributed by atoms with Gasteiger partial charge < -0.3 is 15.4 Å². The van der Waals surface area contributed by atoms with Crippen LogP contribution in [0, 0.1) is 17.0 Å². The molecule has 1 unspecified atom stereocenters. The summed E-state index contributed by atoms with van der Waals surface area (Å²) in [5, 5.41) is 18.4. The van der Waals surface area contributed by atoms with Crippen LogP contribution in [0.5, 0.6) is 0 Å². The second kappa shape index (κ2) is 6.60. The maximum Gasteiger partial charge on any atom is 0.390 e. The number of aryl methyl sites for hydroxylation is 1. The second-order valence-corrected chi connectivity index (χ2v) is 6.36. The number of nitro groups is 1. The molecule has 3 aromatic rings. The molecular weight excluding hydrogens is 390 g/mol. The summed E-state index contributed by atoms with van der Waals surface area (Å²) < 4.78 is 2.21. The van der Waals surface area contributed by atoms with Crippen LogP contribution in [-0.4, -0.2) is 25.6 Å². The van der Waals surface area contributed by atoms with Crippen LogP contribution in [0.15, 0.2) is 41.0 Å². The van der Waals surface area contributed by atoms with E-state index in [2.05, 4.69) is 31.3 Å². The monoisotopic (exact) mass is 403 g/mol. The van der Waals surface area contributed by atoms with Gasteiger partial charge in [-0.15, -0.1) is 0 Å². The van der Waals surface area contributed by atoms with E-state index in [1.165, 1.54) is 10.7 Å². The van der Waals surface area contributed by atoms with Crippen molar-refractivity contribution in [2.75, 3.05) is 5.32 Å². The highest BCUT2D eigenvalue weighted by molar-refractivity contribution is 9.10. The van der Waals surface area contributed by atoms with Crippen LogP contribution in [0.1, 0.15) is 18.7 Å². The van der Waals surface area contributed by atoms with Gasteiger partial charge >= 0.3 is 5.82 Å². The van der Waals surface area contributed by atoms with E-state index < -0.39 is 11.0 Å². The fourth-order valence-electron chi connectivity index (χ4n) is 2.54. The molecule has 0 bridgehead atoms. The number of carbonyl (C=O) groups excluding carboxylic acids is 1. The SMILES string of the molecule is Cc1cc([N+](=O)[O-])nn1C(C)C(=O)Nc1ccc(Br)c2cccnc12. The Bertz CT molecular complexity index is 985. The van der Waals surface area contributed by atoms with Crippen LogP contribution in [0.25, 0.3) is 10.9 Å². The number of amides is 1. The summed E-state index contributed by atoms with van der Waals surface area (Å²) in [5.74, 6) is -0.622. The molecule has 25 heavy (non-hydrogen) atoms. The number of anilines is 1. The Balaban J connectivity index is 1.90. The molecule has 0 aliphatic heterocycles. The molecule has 2 heterocycles. The lowest BCUT2D eigenvalue weighted by Gasteiger charge is -2.13. The summed E-state index contributed by atoms with van der Waals surface area (Å²) in [5.41, 5.74) is 1.75. The Morgan fingerprint density at radius 2 is 2.16 bits per heavy atom. The summed E-state index contributed by atoms with van der Waals surface area (Å²) >= 11 is 3.46. The van der Waals surface area contributed by atoms with Gasteiger partial charge in [-0.2, -0.15) is 4.68 Å². The molecule has 9 heteroatoms. The lowest BCUT2D eigenvalue weighted by atomic mass is 10.2. The van der Waals surface area contributed by atoms with Crippen molar-refractivity contribution in [3.05, 3.63) is 56.8 Å². The van der Waals surface area contributed by atoms with Gasteiger partial charge in [0, 0.05) is 16.1 Å². The Hall–Kier alpha value is -2.81. The standard InChI is InChI=1S/C16H14BrN5O3/c1-9-8-14(22(24)25)20-21(9)10(2)16(23)19-13-6-5-12(17)11-4-3-7-18-15(11)13/h3-8,10H,1-2H3,(H,19,23). The molecule has 0 aliphatic carbocycles. The fourth-order valence-corrected chi connectivity index (χ4v) is 2.99. The van der Waals surface area contributed by atoms with Crippen molar-refractivity contribution in [1.82, 2.24) is 14.8 Å². The maximum atomic E-state index is 12.6. The van der Waals surface area contributed by atoms with E-state index >= 15 is 0 Å². The summed E-state index contributed by atoms with van der Waals surface area (Å²) in [4.78, 5) is 27.2. The van der Waals surface area contributed by atoms with E-state index in [0.717, 1.165) is 9.86 Å². The third-order valence-corrected chi connectivity index (χ3v) is 4.51. The van der Waals surface area contributed by atoms with Crippen LogP contribution in [-0.2, 0) is 4.79 Å². The first kappa shape index (κ1) is 17.0. The lowest BCUT2D eigenvalue weighted by molar-refractivity contribution is -0.389. The number of rotatable bonds is 4. The molecule has 0 fully saturated rings. The number of halogens is 1. The molecule has 2 aromatic heterocycles. The van der Waals surface area contributed by atoms with Crippen molar-refractivity contribution < 1.29 is 9.72 Å². The minimum atomic E-state index is -0.712. The third kappa shape index (κ3) is 3.22. The number of benzene rings is 1. The number of pyridine rings is 1. The van der Waals surface area contributed by atoms with Gasteiger partial charge in [-0.05, 0) is 37.0 Å². The van der Waals surface area contributed by atoms with Crippen LogP contribution in [0.4, 0.5) is 11.5 Å². The van der Waals surface area contributed by atoms with Crippen molar-refractivity contribution in [2.24, 2.45) is 0 Å². The minimum Gasteiger partial charge on any atom is -0.358 e. The number of fused-ring (bicyclic) bond motifs is 1. The first-order valence-electron chi connectivity index (χ1n) is 7.43. The van der Waals surface area contributed by atoms with Gasteiger partial charge in [0.15, 0.2) is 0 Å². The maximum absolute atomic E-state index is 12.6. The molecule has 8 nitrogen and oxygen atoms in total. The predicted octanol–water partition coefficient (Wildman–Crippen LogP) is 3.61. The van der Waals surface area contributed by atoms with E-state index in [-0.39, 0.29) is 11.7 Å². The van der Waals surface area contributed by atoms with E-state index in [9.17, 15) is 14.9 Å². The van der Waals surface area contributed by atoms with Crippen molar-refractivity contribution in [3.8, 4) is 0 Å². The van der Waals surface area contributed by atoms with Crippen molar-refractivity contribution in [3.63, 3.8) is 0 Å². The zero-order valence-corrected chi connectivity index (χ0v) is 15.0. The fraction of sp³-hybridized carbons (Fsp3) is 0.188. The molecule has 0 saturated carbocycles. The van der Waals surface area contributed by atoms with Gasteiger partial charge in [0.25, 0.3) is 5.91 Å². The van der Waals surface area contributed by atoms with Crippen molar-refractivity contribution >= 4 is 44.2 Å². The quantitative estimate of drug-likeness (QED) is 0.529. The van der Waals surface area contributed by atoms with Crippen molar-refractivity contribution in [1.29, 1.82) is 0 Å². The van der Waals surface area contributed by atoms with Gasteiger partial charge in [-0.1, -0.05) is 22.0 Å². The highest BCUT2D eigenvalue weighted by Crippen LogP contribution is 2.29. The zero-order valence-electron chi connectivity index (χ0n) is 13.4. The van der Waals surface area contributed by atoms with Crippen LogP contribution in [0.3, 0.4) is 0 Å². The minimum absolute atomic E-state index is 0.284. The molecule has 1 atom stereocenters. The summed E-state index contributed by atoms with van der Waals surface area (Å²) in [6, 6.07) is 7.91. The number of aromatic nitrogens is 3. The molecule has 3 rings (SSSR count). The Kier molecular flexibility index (Phi) is 4.49. The smallest absolute Gasteiger partial charge is 0.358 e. The van der Waals surface area contributed by atoms with Gasteiger partial charge in [0.1, 0.15) is 6.04 Å². The van der Waals surface area contributed by atoms with Gasteiger partial charge in [-0.3, -0.25) is 9.78 Å². The number of nitrogens with one attached hydrogen (secondary N) is 1. The third-order valence-electron chi connectivity index (χ3n) is 3.82. The molecule has 0 saturated heterocycles. The topological polar surface area (TPSA) is 103 Å². The normalized spacial score (nSPS) is 12.1.